The molecular weight excluding hydrogens is 237 g/mol. The SMILES string of the molecule is NCC(O)C(O)c1cn[nH]c1-c1ccc(F)cc1. The van der Waals surface area contributed by atoms with Gasteiger partial charge in [-0.25, -0.2) is 4.39 Å². The van der Waals surface area contributed by atoms with Crippen LogP contribution in [0.4, 0.5) is 4.39 Å². The third kappa shape index (κ3) is 2.40. The summed E-state index contributed by atoms with van der Waals surface area (Å²) in [4.78, 5) is 0. The van der Waals surface area contributed by atoms with Crippen LogP contribution >= 0.6 is 0 Å². The van der Waals surface area contributed by atoms with Crippen molar-refractivity contribution in [3.05, 3.63) is 41.8 Å². The molecule has 6 heteroatoms. The number of aromatic amines is 1. The molecule has 1 heterocycles. The lowest BCUT2D eigenvalue weighted by atomic mass is 10.0. The molecule has 0 amide bonds. The normalized spacial score (nSPS) is 14.4. The number of nitrogens with zero attached hydrogens (tertiary/aromatic N) is 1. The van der Waals surface area contributed by atoms with Crippen molar-refractivity contribution in [3.8, 4) is 11.3 Å². The summed E-state index contributed by atoms with van der Waals surface area (Å²) in [6.07, 6.45) is -0.780. The van der Waals surface area contributed by atoms with E-state index in [9.17, 15) is 14.6 Å². The first-order valence-electron chi connectivity index (χ1n) is 5.49. The Kier molecular flexibility index (Phi) is 3.71. The van der Waals surface area contributed by atoms with Crippen molar-refractivity contribution in [1.29, 1.82) is 0 Å². The number of hydrogen-bond donors (Lipinski definition) is 4. The average molecular weight is 251 g/mol. The number of nitrogens with one attached hydrogen (secondary N) is 1. The number of aliphatic hydroxyl groups excluding tert-OH is 2. The van der Waals surface area contributed by atoms with Gasteiger partial charge in [-0.05, 0) is 24.3 Å². The maximum Gasteiger partial charge on any atom is 0.123 e. The number of benzene rings is 1. The lowest BCUT2D eigenvalue weighted by molar-refractivity contribution is 0.0247. The second-order valence-electron chi connectivity index (χ2n) is 3.96. The highest BCUT2D eigenvalue weighted by molar-refractivity contribution is 5.63. The van der Waals surface area contributed by atoms with Crippen LogP contribution in [0.1, 0.15) is 11.7 Å². The first-order valence-corrected chi connectivity index (χ1v) is 5.49. The number of aromatic nitrogens is 2. The van der Waals surface area contributed by atoms with E-state index in [1.807, 2.05) is 0 Å². The Balaban J connectivity index is 2.35. The van der Waals surface area contributed by atoms with Gasteiger partial charge < -0.3 is 15.9 Å². The van der Waals surface area contributed by atoms with Gasteiger partial charge in [-0.2, -0.15) is 5.10 Å². The van der Waals surface area contributed by atoms with Crippen LogP contribution in [0.2, 0.25) is 0 Å². The standard InChI is InChI=1S/C12H14FN3O2/c13-8-3-1-7(2-4-8)11-9(6-15-16-11)12(18)10(17)5-14/h1-4,6,10,12,17-18H,5,14H2,(H,15,16). The fourth-order valence-electron chi connectivity index (χ4n) is 1.70. The molecule has 0 bridgehead atoms. The van der Waals surface area contributed by atoms with Gasteiger partial charge in [0.05, 0.1) is 18.0 Å². The summed E-state index contributed by atoms with van der Waals surface area (Å²) in [5.74, 6) is -0.345. The number of nitrogens with two attached hydrogens (primary N) is 1. The molecule has 0 radical (unpaired) electrons. The summed E-state index contributed by atoms with van der Waals surface area (Å²) < 4.78 is 12.8. The van der Waals surface area contributed by atoms with E-state index in [1.54, 1.807) is 12.1 Å². The van der Waals surface area contributed by atoms with Crippen molar-refractivity contribution in [2.24, 2.45) is 5.73 Å². The molecule has 2 rings (SSSR count). The van der Waals surface area contributed by atoms with E-state index in [0.717, 1.165) is 0 Å². The number of aliphatic hydroxyl groups is 2. The molecule has 18 heavy (non-hydrogen) atoms. The molecule has 5 nitrogen and oxygen atoms in total. The number of hydrogen-bond acceptors (Lipinski definition) is 4. The number of rotatable bonds is 4. The molecule has 0 saturated carbocycles. The molecule has 0 aliphatic heterocycles. The van der Waals surface area contributed by atoms with E-state index in [1.165, 1.54) is 18.3 Å². The van der Waals surface area contributed by atoms with E-state index in [0.29, 0.717) is 16.8 Å². The first-order chi connectivity index (χ1) is 8.63. The lowest BCUT2D eigenvalue weighted by Crippen LogP contribution is -2.27. The largest absolute Gasteiger partial charge is 0.389 e. The summed E-state index contributed by atoms with van der Waals surface area (Å²) >= 11 is 0. The molecule has 96 valence electrons. The van der Waals surface area contributed by atoms with Crippen molar-refractivity contribution in [2.45, 2.75) is 12.2 Å². The Morgan fingerprint density at radius 1 is 1.28 bits per heavy atom. The number of H-pyrrole nitrogens is 1. The van der Waals surface area contributed by atoms with Crippen LogP contribution in [0, 0.1) is 5.82 Å². The van der Waals surface area contributed by atoms with Gasteiger partial charge >= 0.3 is 0 Å². The van der Waals surface area contributed by atoms with Crippen LogP contribution in [-0.2, 0) is 0 Å². The van der Waals surface area contributed by atoms with Crippen LogP contribution in [0.15, 0.2) is 30.5 Å². The Bertz CT molecular complexity index is 512. The minimum atomic E-state index is -1.13. The van der Waals surface area contributed by atoms with Gasteiger partial charge in [0.2, 0.25) is 0 Å². The zero-order valence-electron chi connectivity index (χ0n) is 9.55. The maximum atomic E-state index is 12.8. The molecule has 1 aromatic carbocycles. The molecule has 0 spiro atoms. The Morgan fingerprint density at radius 2 is 1.94 bits per heavy atom. The van der Waals surface area contributed by atoms with E-state index >= 15 is 0 Å². The van der Waals surface area contributed by atoms with Crippen molar-refractivity contribution >= 4 is 0 Å². The fourth-order valence-corrected chi connectivity index (χ4v) is 1.70. The van der Waals surface area contributed by atoms with Crippen LogP contribution in [0.3, 0.4) is 0 Å². The molecule has 2 atom stereocenters. The topological polar surface area (TPSA) is 95.2 Å². The van der Waals surface area contributed by atoms with Crippen molar-refractivity contribution in [2.75, 3.05) is 6.54 Å². The van der Waals surface area contributed by atoms with E-state index in [4.69, 9.17) is 5.73 Å². The minimum Gasteiger partial charge on any atom is -0.389 e. The summed E-state index contributed by atoms with van der Waals surface area (Å²) in [6.45, 7) is -0.0603. The highest BCUT2D eigenvalue weighted by atomic mass is 19.1. The molecule has 2 unspecified atom stereocenters. The second kappa shape index (κ2) is 5.26. The van der Waals surface area contributed by atoms with Gasteiger partial charge in [-0.1, -0.05) is 0 Å². The van der Waals surface area contributed by atoms with Gasteiger partial charge in [0, 0.05) is 17.7 Å². The molecule has 1 aromatic heterocycles. The van der Waals surface area contributed by atoms with Crippen LogP contribution in [0.5, 0.6) is 0 Å². The van der Waals surface area contributed by atoms with Crippen molar-refractivity contribution < 1.29 is 14.6 Å². The molecule has 5 N–H and O–H groups in total. The molecule has 0 aliphatic carbocycles. The Labute approximate surface area is 103 Å². The van der Waals surface area contributed by atoms with Gasteiger partial charge in [-0.3, -0.25) is 5.10 Å². The van der Waals surface area contributed by atoms with Gasteiger partial charge in [0.15, 0.2) is 0 Å². The summed E-state index contributed by atoms with van der Waals surface area (Å²) in [7, 11) is 0. The van der Waals surface area contributed by atoms with Crippen LogP contribution in [0.25, 0.3) is 11.3 Å². The summed E-state index contributed by atoms with van der Waals surface area (Å²) in [5, 5.41) is 26.0. The summed E-state index contributed by atoms with van der Waals surface area (Å²) in [5.41, 5.74) is 6.94. The highest BCUT2D eigenvalue weighted by Crippen LogP contribution is 2.27. The number of halogens is 1. The summed E-state index contributed by atoms with van der Waals surface area (Å²) in [6, 6.07) is 5.75. The van der Waals surface area contributed by atoms with Crippen LogP contribution < -0.4 is 5.73 Å². The van der Waals surface area contributed by atoms with Gasteiger partial charge in [0.1, 0.15) is 11.9 Å². The highest BCUT2D eigenvalue weighted by Gasteiger charge is 2.22. The molecule has 0 saturated heterocycles. The van der Waals surface area contributed by atoms with Gasteiger partial charge in [-0.15, -0.1) is 0 Å². The molecule has 0 aliphatic rings. The van der Waals surface area contributed by atoms with Crippen molar-refractivity contribution in [1.82, 2.24) is 10.2 Å². The van der Waals surface area contributed by atoms with E-state index in [2.05, 4.69) is 10.2 Å². The molecule has 2 aromatic rings. The third-order valence-corrected chi connectivity index (χ3v) is 2.73. The Hall–Kier alpha value is -1.76. The third-order valence-electron chi connectivity index (χ3n) is 2.73. The zero-order chi connectivity index (χ0) is 13.1. The monoisotopic (exact) mass is 251 g/mol. The lowest BCUT2D eigenvalue weighted by Gasteiger charge is -2.16. The fraction of sp³-hybridized carbons (Fsp3) is 0.250. The molecule has 0 fully saturated rings. The first kappa shape index (κ1) is 12.7. The second-order valence-corrected chi connectivity index (χ2v) is 3.96. The maximum absolute atomic E-state index is 12.8. The molecular formula is C12H14FN3O2. The minimum absolute atomic E-state index is 0.0603. The zero-order valence-corrected chi connectivity index (χ0v) is 9.55. The Morgan fingerprint density at radius 3 is 2.56 bits per heavy atom. The van der Waals surface area contributed by atoms with E-state index < -0.39 is 12.2 Å². The quantitative estimate of drug-likeness (QED) is 0.639. The van der Waals surface area contributed by atoms with Crippen molar-refractivity contribution in [3.63, 3.8) is 0 Å². The van der Waals surface area contributed by atoms with E-state index in [-0.39, 0.29) is 12.4 Å². The predicted molar refractivity (Wildman–Crippen MR) is 64.0 cm³/mol. The van der Waals surface area contributed by atoms with Gasteiger partial charge in [0.25, 0.3) is 0 Å². The van der Waals surface area contributed by atoms with Crippen LogP contribution in [-0.4, -0.2) is 33.1 Å². The average Bonchev–Trinajstić information content (AvgIpc) is 2.87. The smallest absolute Gasteiger partial charge is 0.123 e. The predicted octanol–water partition coefficient (Wildman–Crippen LogP) is 0.569.